The van der Waals surface area contributed by atoms with Crippen LogP contribution in [0.3, 0.4) is 0 Å². The number of nitrogens with zero attached hydrogens (tertiary/aromatic N) is 1. The van der Waals surface area contributed by atoms with E-state index < -0.39 is 11.4 Å². The Bertz CT molecular complexity index is 728. The lowest BCUT2D eigenvalue weighted by atomic mass is 9.80. The summed E-state index contributed by atoms with van der Waals surface area (Å²) in [5.74, 6) is -0.598. The van der Waals surface area contributed by atoms with E-state index in [1.54, 1.807) is 29.2 Å². The zero-order valence-electron chi connectivity index (χ0n) is 15.7. The molecule has 0 aromatic heterocycles. The molecule has 1 aromatic carbocycles. The minimum absolute atomic E-state index is 0.0171. The Labute approximate surface area is 158 Å². The van der Waals surface area contributed by atoms with Gasteiger partial charge in [0.25, 0.3) is 5.91 Å². The molecule has 1 aliphatic heterocycles. The van der Waals surface area contributed by atoms with Crippen LogP contribution in [0.25, 0.3) is 0 Å². The number of hydrogen-bond donors (Lipinski definition) is 2. The number of methoxy groups -OCH3 is 1. The molecule has 27 heavy (non-hydrogen) atoms. The zero-order valence-corrected chi connectivity index (χ0v) is 15.7. The van der Waals surface area contributed by atoms with Crippen molar-refractivity contribution in [2.45, 2.75) is 26.2 Å². The lowest BCUT2D eigenvalue weighted by molar-refractivity contribution is -0.155. The van der Waals surface area contributed by atoms with E-state index in [2.05, 4.69) is 5.32 Å². The molecule has 2 N–H and O–H groups in total. The molecule has 1 aliphatic carbocycles. The number of likely N-dealkylation sites (tertiary alicyclic amines) is 1. The van der Waals surface area contributed by atoms with Crippen molar-refractivity contribution in [2.24, 2.45) is 17.3 Å². The monoisotopic (exact) mass is 374 g/mol. The second-order valence-corrected chi connectivity index (χ2v) is 7.73. The van der Waals surface area contributed by atoms with Crippen LogP contribution in [0.1, 0.15) is 36.5 Å². The maximum Gasteiger partial charge on any atom is 0.313 e. The molecule has 3 rings (SSSR count). The molecule has 1 saturated heterocycles. The number of aliphatic carboxylic acids is 1. The van der Waals surface area contributed by atoms with Gasteiger partial charge in [-0.05, 0) is 49.4 Å². The molecule has 0 radical (unpaired) electrons. The molecule has 1 aromatic rings. The fraction of sp³-hybridized carbons (Fsp3) is 0.550. The Kier molecular flexibility index (Phi) is 5.51. The van der Waals surface area contributed by atoms with Gasteiger partial charge in [-0.3, -0.25) is 14.4 Å². The number of carbonyl (C=O) groups is 3. The molecule has 0 bridgehead atoms. The van der Waals surface area contributed by atoms with Gasteiger partial charge in [-0.2, -0.15) is 0 Å². The van der Waals surface area contributed by atoms with Crippen LogP contribution in [0.5, 0.6) is 0 Å². The number of piperidine rings is 1. The first-order valence-electron chi connectivity index (χ1n) is 9.29. The first-order valence-corrected chi connectivity index (χ1v) is 9.29. The summed E-state index contributed by atoms with van der Waals surface area (Å²) in [6.45, 7) is 2.78. The van der Waals surface area contributed by atoms with Crippen molar-refractivity contribution in [1.82, 2.24) is 4.90 Å². The summed E-state index contributed by atoms with van der Waals surface area (Å²) in [6, 6.07) is 6.76. The molecular formula is C20H26N2O5. The number of hydrogen-bond acceptors (Lipinski definition) is 4. The number of anilines is 1. The number of benzene rings is 1. The molecule has 7 nitrogen and oxygen atoms in total. The molecule has 1 heterocycles. The summed E-state index contributed by atoms with van der Waals surface area (Å²) in [4.78, 5) is 38.1. The van der Waals surface area contributed by atoms with Crippen molar-refractivity contribution in [1.29, 1.82) is 0 Å². The fourth-order valence-corrected chi connectivity index (χ4v) is 3.74. The van der Waals surface area contributed by atoms with Crippen molar-refractivity contribution in [3.63, 3.8) is 0 Å². The third-order valence-electron chi connectivity index (χ3n) is 5.58. The van der Waals surface area contributed by atoms with E-state index in [-0.39, 0.29) is 30.9 Å². The van der Waals surface area contributed by atoms with Crippen LogP contribution in [0.2, 0.25) is 0 Å². The number of nitrogens with one attached hydrogen (secondary N) is 1. The summed E-state index contributed by atoms with van der Waals surface area (Å²) < 4.78 is 5.11. The number of rotatable bonds is 6. The third kappa shape index (κ3) is 4.13. The van der Waals surface area contributed by atoms with Crippen LogP contribution < -0.4 is 5.32 Å². The lowest BCUT2D eigenvalue weighted by Crippen LogP contribution is -2.52. The van der Waals surface area contributed by atoms with Crippen LogP contribution in [0.4, 0.5) is 5.69 Å². The summed E-state index contributed by atoms with van der Waals surface area (Å²) >= 11 is 0. The average Bonchev–Trinajstić information content (AvgIpc) is 3.39. The Morgan fingerprint density at radius 2 is 1.96 bits per heavy atom. The van der Waals surface area contributed by atoms with E-state index in [9.17, 15) is 19.5 Å². The highest BCUT2D eigenvalue weighted by Crippen LogP contribution is 2.38. The van der Waals surface area contributed by atoms with Gasteiger partial charge in [-0.15, -0.1) is 0 Å². The van der Waals surface area contributed by atoms with E-state index in [0.29, 0.717) is 36.6 Å². The van der Waals surface area contributed by atoms with Crippen LogP contribution in [0, 0.1) is 17.3 Å². The van der Waals surface area contributed by atoms with Gasteiger partial charge in [0.15, 0.2) is 0 Å². The molecule has 2 aliphatic rings. The van der Waals surface area contributed by atoms with Crippen LogP contribution in [-0.2, 0) is 14.3 Å². The SMILES string of the molecule is COCC1(C(=O)O)CCCN(C(=O)c2ccc(NC(=O)C3CC3C)cc2)C1. The zero-order chi connectivity index (χ0) is 19.6. The summed E-state index contributed by atoms with van der Waals surface area (Å²) in [7, 11) is 1.47. The number of carboxylic acids is 1. The maximum atomic E-state index is 12.8. The number of carboxylic acid groups (broad SMARTS) is 1. The second kappa shape index (κ2) is 7.68. The van der Waals surface area contributed by atoms with Gasteiger partial charge < -0.3 is 20.1 Å². The quantitative estimate of drug-likeness (QED) is 0.796. The van der Waals surface area contributed by atoms with Crippen LogP contribution in [0.15, 0.2) is 24.3 Å². The van der Waals surface area contributed by atoms with Gasteiger partial charge in [0.1, 0.15) is 5.41 Å². The number of amides is 2. The standard InChI is InChI=1S/C20H26N2O5/c1-13-10-16(13)17(23)21-15-6-4-14(5-7-15)18(24)22-9-3-8-20(11-22,12-27-2)19(25)26/h4-7,13,16H,3,8-12H2,1-2H3,(H,21,23)(H,25,26). The Hall–Kier alpha value is -2.41. The van der Waals surface area contributed by atoms with Gasteiger partial charge in [0.2, 0.25) is 5.91 Å². The molecule has 146 valence electrons. The topological polar surface area (TPSA) is 95.9 Å². The first-order chi connectivity index (χ1) is 12.9. The lowest BCUT2D eigenvalue weighted by Gasteiger charge is -2.39. The van der Waals surface area contributed by atoms with E-state index in [0.717, 1.165) is 6.42 Å². The number of ether oxygens (including phenoxy) is 1. The Morgan fingerprint density at radius 3 is 2.52 bits per heavy atom. The van der Waals surface area contributed by atoms with Crippen molar-refractivity contribution < 1.29 is 24.2 Å². The fourth-order valence-electron chi connectivity index (χ4n) is 3.74. The maximum absolute atomic E-state index is 12.8. The summed E-state index contributed by atoms with van der Waals surface area (Å²) in [6.07, 6.45) is 2.03. The predicted octanol–water partition coefficient (Wildman–Crippen LogP) is 2.23. The van der Waals surface area contributed by atoms with Gasteiger partial charge >= 0.3 is 5.97 Å². The molecule has 1 saturated carbocycles. The number of carbonyl (C=O) groups excluding carboxylic acids is 2. The second-order valence-electron chi connectivity index (χ2n) is 7.73. The van der Waals surface area contributed by atoms with E-state index in [1.165, 1.54) is 7.11 Å². The van der Waals surface area contributed by atoms with Crippen LogP contribution in [-0.4, -0.2) is 54.6 Å². The molecule has 3 unspecified atom stereocenters. The molecule has 2 amide bonds. The van der Waals surface area contributed by atoms with Gasteiger partial charge in [-0.1, -0.05) is 6.92 Å². The van der Waals surface area contributed by atoms with E-state index >= 15 is 0 Å². The van der Waals surface area contributed by atoms with Crippen molar-refractivity contribution in [3.8, 4) is 0 Å². The molecule has 2 fully saturated rings. The molecule has 7 heteroatoms. The van der Waals surface area contributed by atoms with Crippen LogP contribution >= 0.6 is 0 Å². The Morgan fingerprint density at radius 1 is 1.30 bits per heavy atom. The average molecular weight is 374 g/mol. The highest BCUT2D eigenvalue weighted by Gasteiger charge is 2.44. The van der Waals surface area contributed by atoms with Gasteiger partial charge in [0, 0.05) is 37.4 Å². The van der Waals surface area contributed by atoms with E-state index in [4.69, 9.17) is 4.74 Å². The highest BCUT2D eigenvalue weighted by molar-refractivity contribution is 5.97. The molecule has 3 atom stereocenters. The normalized spacial score (nSPS) is 27.1. The van der Waals surface area contributed by atoms with Crippen molar-refractivity contribution in [3.05, 3.63) is 29.8 Å². The smallest absolute Gasteiger partial charge is 0.313 e. The van der Waals surface area contributed by atoms with Gasteiger partial charge in [0.05, 0.1) is 6.61 Å². The van der Waals surface area contributed by atoms with Crippen molar-refractivity contribution >= 4 is 23.5 Å². The first kappa shape index (κ1) is 19.4. The molecular weight excluding hydrogens is 348 g/mol. The summed E-state index contributed by atoms with van der Waals surface area (Å²) in [5, 5.41) is 12.5. The predicted molar refractivity (Wildman–Crippen MR) is 99.4 cm³/mol. The highest BCUT2D eigenvalue weighted by atomic mass is 16.5. The minimum atomic E-state index is -1.06. The Balaban J connectivity index is 1.66. The minimum Gasteiger partial charge on any atom is -0.481 e. The summed E-state index contributed by atoms with van der Waals surface area (Å²) in [5.41, 5.74) is 0.0808. The molecule has 0 spiro atoms. The third-order valence-corrected chi connectivity index (χ3v) is 5.58. The van der Waals surface area contributed by atoms with Crippen molar-refractivity contribution in [2.75, 3.05) is 32.1 Å². The largest absolute Gasteiger partial charge is 0.481 e. The van der Waals surface area contributed by atoms with E-state index in [1.807, 2.05) is 6.92 Å². The van der Waals surface area contributed by atoms with Gasteiger partial charge in [-0.25, -0.2) is 0 Å².